The van der Waals surface area contributed by atoms with E-state index in [9.17, 15) is 13.2 Å². The number of amides is 1. The summed E-state index contributed by atoms with van der Waals surface area (Å²) in [7, 11) is -3.38. The molecule has 4 N–H and O–H groups in total. The van der Waals surface area contributed by atoms with Crippen molar-refractivity contribution >= 4 is 27.3 Å². The van der Waals surface area contributed by atoms with E-state index in [2.05, 4.69) is 10.5 Å². The molecule has 7 nitrogen and oxygen atoms in total. The van der Waals surface area contributed by atoms with E-state index < -0.39 is 21.5 Å². The molecular weight excluding hydrogens is 258 g/mol. The van der Waals surface area contributed by atoms with E-state index in [1.54, 1.807) is 18.2 Å². The van der Waals surface area contributed by atoms with E-state index in [1.807, 2.05) is 0 Å². The summed E-state index contributed by atoms with van der Waals surface area (Å²) < 4.78 is 21.8. The van der Waals surface area contributed by atoms with Crippen LogP contribution in [0.25, 0.3) is 0 Å². The first-order valence-corrected chi connectivity index (χ1v) is 6.93. The van der Waals surface area contributed by atoms with Gasteiger partial charge in [-0.05, 0) is 12.1 Å². The van der Waals surface area contributed by atoms with Gasteiger partial charge in [0.2, 0.25) is 5.91 Å². The van der Waals surface area contributed by atoms with Crippen LogP contribution in [0.3, 0.4) is 0 Å². The standard InChI is InChI=1S/C10H13N3O4S/c1-18(16,17)6-9(14)12-8-4-2-3-7(5-8)10(11)13-15/h2-5,15H,6H2,1H3,(H2,11,13)(H,12,14). The van der Waals surface area contributed by atoms with E-state index in [1.165, 1.54) is 6.07 Å². The first kappa shape index (κ1) is 14.0. The molecule has 8 heteroatoms. The van der Waals surface area contributed by atoms with Crippen LogP contribution in [0.15, 0.2) is 29.4 Å². The Hall–Kier alpha value is -2.09. The third-order valence-electron chi connectivity index (χ3n) is 1.94. The monoisotopic (exact) mass is 271 g/mol. The molecule has 98 valence electrons. The Morgan fingerprint density at radius 1 is 1.50 bits per heavy atom. The van der Waals surface area contributed by atoms with Crippen LogP contribution < -0.4 is 11.1 Å². The minimum absolute atomic E-state index is 0.103. The molecular formula is C10H13N3O4S. The molecule has 0 fully saturated rings. The third kappa shape index (κ3) is 4.42. The average Bonchev–Trinajstić information content (AvgIpc) is 2.25. The topological polar surface area (TPSA) is 122 Å². The molecule has 0 atom stereocenters. The van der Waals surface area contributed by atoms with Gasteiger partial charge in [-0.25, -0.2) is 8.42 Å². The van der Waals surface area contributed by atoms with Gasteiger partial charge in [0.15, 0.2) is 15.7 Å². The maximum Gasteiger partial charge on any atom is 0.239 e. The number of hydrogen-bond acceptors (Lipinski definition) is 5. The van der Waals surface area contributed by atoms with E-state index in [-0.39, 0.29) is 5.84 Å². The minimum Gasteiger partial charge on any atom is -0.409 e. The fraction of sp³-hybridized carbons (Fsp3) is 0.200. The van der Waals surface area contributed by atoms with E-state index in [0.717, 1.165) is 6.26 Å². The van der Waals surface area contributed by atoms with Crippen LogP contribution in [0.2, 0.25) is 0 Å². The maximum absolute atomic E-state index is 11.4. The van der Waals surface area contributed by atoms with Crippen LogP contribution in [0.4, 0.5) is 5.69 Å². The van der Waals surface area contributed by atoms with Crippen LogP contribution in [0, 0.1) is 0 Å². The third-order valence-corrected chi connectivity index (χ3v) is 2.73. The number of amidine groups is 1. The molecule has 1 aromatic carbocycles. The van der Waals surface area contributed by atoms with Gasteiger partial charge in [0.1, 0.15) is 5.75 Å². The summed E-state index contributed by atoms with van der Waals surface area (Å²) in [6.45, 7) is 0. The van der Waals surface area contributed by atoms with Crippen molar-refractivity contribution in [2.45, 2.75) is 0 Å². The zero-order chi connectivity index (χ0) is 13.8. The molecule has 0 radical (unpaired) electrons. The Morgan fingerprint density at radius 2 is 2.17 bits per heavy atom. The highest BCUT2D eigenvalue weighted by atomic mass is 32.2. The fourth-order valence-electron chi connectivity index (χ4n) is 1.25. The van der Waals surface area contributed by atoms with E-state index >= 15 is 0 Å². The zero-order valence-corrected chi connectivity index (χ0v) is 10.4. The second kappa shape index (κ2) is 5.50. The number of anilines is 1. The van der Waals surface area contributed by atoms with Gasteiger partial charge in [-0.1, -0.05) is 17.3 Å². The molecule has 1 rings (SSSR count). The molecule has 0 aromatic heterocycles. The smallest absolute Gasteiger partial charge is 0.239 e. The number of carbonyl (C=O) groups excluding carboxylic acids is 1. The number of nitrogens with one attached hydrogen (secondary N) is 1. The highest BCUT2D eigenvalue weighted by Gasteiger charge is 2.11. The molecule has 0 saturated heterocycles. The largest absolute Gasteiger partial charge is 0.409 e. The molecule has 0 aliphatic rings. The van der Waals surface area contributed by atoms with E-state index in [4.69, 9.17) is 10.9 Å². The second-order valence-corrected chi connectivity index (χ2v) is 5.82. The summed E-state index contributed by atoms with van der Waals surface area (Å²) in [5, 5.41) is 13.7. The molecule has 0 heterocycles. The Kier molecular flexibility index (Phi) is 4.27. The fourth-order valence-corrected chi connectivity index (χ4v) is 1.80. The predicted molar refractivity (Wildman–Crippen MR) is 67.3 cm³/mol. The molecule has 0 saturated carbocycles. The first-order chi connectivity index (χ1) is 8.31. The minimum atomic E-state index is -3.38. The number of benzene rings is 1. The van der Waals surface area contributed by atoms with Gasteiger partial charge in [0, 0.05) is 17.5 Å². The molecule has 0 unspecified atom stereocenters. The summed E-state index contributed by atoms with van der Waals surface area (Å²) in [6.07, 6.45) is 0.972. The lowest BCUT2D eigenvalue weighted by atomic mass is 10.2. The number of rotatable bonds is 4. The summed E-state index contributed by atoms with van der Waals surface area (Å²) in [5.41, 5.74) is 6.17. The first-order valence-electron chi connectivity index (χ1n) is 4.87. The summed E-state index contributed by atoms with van der Waals surface area (Å²) in [4.78, 5) is 11.4. The second-order valence-electron chi connectivity index (χ2n) is 3.68. The lowest BCUT2D eigenvalue weighted by molar-refractivity contribution is -0.113. The molecule has 0 aliphatic heterocycles. The van der Waals surface area contributed by atoms with Crippen LogP contribution in [0.1, 0.15) is 5.56 Å². The Morgan fingerprint density at radius 3 is 2.72 bits per heavy atom. The molecule has 1 aromatic rings. The number of carbonyl (C=O) groups is 1. The molecule has 0 aliphatic carbocycles. The molecule has 18 heavy (non-hydrogen) atoms. The van der Waals surface area contributed by atoms with Crippen LogP contribution in [-0.4, -0.2) is 37.4 Å². The van der Waals surface area contributed by atoms with E-state index in [0.29, 0.717) is 11.3 Å². The average molecular weight is 271 g/mol. The van der Waals surface area contributed by atoms with Crippen molar-refractivity contribution in [3.63, 3.8) is 0 Å². The SMILES string of the molecule is CS(=O)(=O)CC(=O)Nc1cccc(C(N)=NO)c1. The van der Waals surface area contributed by atoms with Gasteiger partial charge >= 0.3 is 0 Å². The van der Waals surface area contributed by atoms with Crippen molar-refractivity contribution in [2.75, 3.05) is 17.3 Å². The maximum atomic E-state index is 11.4. The quantitative estimate of drug-likeness (QED) is 0.302. The number of nitrogens with two attached hydrogens (primary N) is 1. The Balaban J connectivity index is 2.83. The highest BCUT2D eigenvalue weighted by molar-refractivity contribution is 7.91. The number of nitrogens with zero attached hydrogens (tertiary/aromatic N) is 1. The molecule has 0 spiro atoms. The van der Waals surface area contributed by atoms with Gasteiger partial charge < -0.3 is 16.3 Å². The normalized spacial score (nSPS) is 12.2. The van der Waals surface area contributed by atoms with Crippen molar-refractivity contribution in [3.8, 4) is 0 Å². The van der Waals surface area contributed by atoms with Crippen LogP contribution >= 0.6 is 0 Å². The zero-order valence-electron chi connectivity index (χ0n) is 9.62. The number of hydrogen-bond donors (Lipinski definition) is 3. The van der Waals surface area contributed by atoms with Crippen molar-refractivity contribution < 1.29 is 18.4 Å². The summed E-state index contributed by atoms with van der Waals surface area (Å²) in [5.74, 6) is -1.34. The Labute approximate surface area is 104 Å². The van der Waals surface area contributed by atoms with Gasteiger partial charge in [-0.2, -0.15) is 0 Å². The predicted octanol–water partition coefficient (Wildman–Crippen LogP) is -0.236. The van der Waals surface area contributed by atoms with Gasteiger partial charge in [-0.15, -0.1) is 0 Å². The van der Waals surface area contributed by atoms with Gasteiger partial charge in [0.05, 0.1) is 0 Å². The van der Waals surface area contributed by atoms with Crippen molar-refractivity contribution in [3.05, 3.63) is 29.8 Å². The summed E-state index contributed by atoms with van der Waals surface area (Å²) >= 11 is 0. The van der Waals surface area contributed by atoms with Crippen molar-refractivity contribution in [1.82, 2.24) is 0 Å². The van der Waals surface area contributed by atoms with Crippen molar-refractivity contribution in [2.24, 2.45) is 10.9 Å². The lowest BCUT2D eigenvalue weighted by Crippen LogP contribution is -2.22. The van der Waals surface area contributed by atoms with Gasteiger partial charge in [-0.3, -0.25) is 4.79 Å². The summed E-state index contributed by atoms with van der Waals surface area (Å²) in [6, 6.07) is 6.20. The van der Waals surface area contributed by atoms with Crippen molar-refractivity contribution in [1.29, 1.82) is 0 Å². The highest BCUT2D eigenvalue weighted by Crippen LogP contribution is 2.10. The number of oxime groups is 1. The van der Waals surface area contributed by atoms with Crippen LogP contribution in [0.5, 0.6) is 0 Å². The van der Waals surface area contributed by atoms with Crippen LogP contribution in [-0.2, 0) is 14.6 Å². The van der Waals surface area contributed by atoms with Gasteiger partial charge in [0.25, 0.3) is 0 Å². The molecule has 0 bridgehead atoms. The lowest BCUT2D eigenvalue weighted by Gasteiger charge is -2.06. The Bertz CT molecular complexity index is 581. The molecule has 1 amide bonds. The number of sulfone groups is 1.